The molecule has 0 radical (unpaired) electrons. The summed E-state index contributed by atoms with van der Waals surface area (Å²) in [5, 5.41) is 5.30. The average Bonchev–Trinajstić information content (AvgIpc) is 3.28. The number of fused-ring (bicyclic) bond motifs is 1. The summed E-state index contributed by atoms with van der Waals surface area (Å²) in [4.78, 5) is 11.4. The number of aromatic nitrogens is 2. The van der Waals surface area contributed by atoms with Crippen molar-refractivity contribution in [2.75, 3.05) is 13.7 Å². The zero-order valence-electron chi connectivity index (χ0n) is 21.8. The molecule has 5 nitrogen and oxygen atoms in total. The highest BCUT2D eigenvalue weighted by atomic mass is 35.5. The molecule has 2 heterocycles. The largest absolute Gasteiger partial charge is 0.497 e. The molecule has 2 fully saturated rings. The van der Waals surface area contributed by atoms with Gasteiger partial charge in [0.25, 0.3) is 0 Å². The van der Waals surface area contributed by atoms with Crippen molar-refractivity contribution in [3.8, 4) is 5.75 Å². The number of hydrogen-bond donors (Lipinski definition) is 0. The number of ether oxygens (including phenoxy) is 2. The summed E-state index contributed by atoms with van der Waals surface area (Å²) in [6.07, 6.45) is 6.66. The second kappa shape index (κ2) is 10.9. The van der Waals surface area contributed by atoms with Crippen LogP contribution in [-0.2, 0) is 4.74 Å². The fraction of sp³-hybridized carbons (Fsp3) is 0.312. The van der Waals surface area contributed by atoms with Crippen LogP contribution in [-0.4, -0.2) is 29.8 Å². The Morgan fingerprint density at radius 3 is 2.46 bits per heavy atom. The smallest absolute Gasteiger partial charge is 0.240 e. The molecule has 1 aliphatic carbocycles. The van der Waals surface area contributed by atoms with Crippen LogP contribution in [0.2, 0.25) is 5.02 Å². The first kappa shape index (κ1) is 25.8. The minimum absolute atomic E-state index is 0.258. The number of hydrogen-bond acceptors (Lipinski definition) is 4. The molecule has 3 aromatic carbocycles. The summed E-state index contributed by atoms with van der Waals surface area (Å²) in [5.74, 6) is 0.481. The molecule has 0 amide bonds. The number of methoxy groups -OCH3 is 1. The summed E-state index contributed by atoms with van der Waals surface area (Å²) in [5.41, 5.74) is 6.16. The highest BCUT2D eigenvalue weighted by Gasteiger charge is 2.29. The summed E-state index contributed by atoms with van der Waals surface area (Å²) >= 11 is 6.86. The maximum absolute atomic E-state index is 15.3. The highest BCUT2D eigenvalue weighted by Crippen LogP contribution is 2.47. The first-order valence-electron chi connectivity index (χ1n) is 13.5. The summed E-state index contributed by atoms with van der Waals surface area (Å²) in [6, 6.07) is 19.1. The van der Waals surface area contributed by atoms with Gasteiger partial charge < -0.3 is 9.47 Å². The van der Waals surface area contributed by atoms with Gasteiger partial charge in [-0.1, -0.05) is 48.4 Å². The predicted molar refractivity (Wildman–Crippen MR) is 152 cm³/mol. The number of nitrogens with zero attached hydrogens (tertiary/aromatic N) is 2. The van der Waals surface area contributed by atoms with Crippen molar-refractivity contribution in [2.45, 2.75) is 44.8 Å². The van der Waals surface area contributed by atoms with E-state index >= 15 is 4.39 Å². The SMILES string of the molecule is COc1ccc(/C(=C(\c2ccc(C=O)cc2)c2ccc3c(c2)c(F)nn3C2CCCCO2)C2CCC2)c(Cl)c1. The number of rotatable bonds is 7. The van der Waals surface area contributed by atoms with Crippen molar-refractivity contribution < 1.29 is 18.7 Å². The van der Waals surface area contributed by atoms with Crippen molar-refractivity contribution in [1.82, 2.24) is 9.78 Å². The van der Waals surface area contributed by atoms with Crippen molar-refractivity contribution in [3.05, 3.63) is 93.9 Å². The van der Waals surface area contributed by atoms with E-state index in [0.29, 0.717) is 39.8 Å². The minimum atomic E-state index is -0.510. The Hall–Kier alpha value is -3.48. The molecule has 39 heavy (non-hydrogen) atoms. The first-order chi connectivity index (χ1) is 19.1. The molecule has 200 valence electrons. The summed E-state index contributed by atoms with van der Waals surface area (Å²) in [7, 11) is 1.62. The van der Waals surface area contributed by atoms with Gasteiger partial charge in [0.15, 0.2) is 6.23 Å². The molecule has 1 saturated heterocycles. The van der Waals surface area contributed by atoms with Gasteiger partial charge in [-0.05, 0) is 96.2 Å². The molecule has 1 aliphatic heterocycles. The average molecular weight is 545 g/mol. The Kier molecular flexibility index (Phi) is 7.24. The van der Waals surface area contributed by atoms with Crippen molar-refractivity contribution in [3.63, 3.8) is 0 Å². The Bertz CT molecular complexity index is 1550. The Morgan fingerprint density at radius 1 is 1.03 bits per heavy atom. The van der Waals surface area contributed by atoms with Gasteiger partial charge in [0.2, 0.25) is 5.95 Å². The molecule has 7 heteroatoms. The summed E-state index contributed by atoms with van der Waals surface area (Å²) in [6.45, 7) is 0.656. The second-order valence-electron chi connectivity index (χ2n) is 10.3. The summed E-state index contributed by atoms with van der Waals surface area (Å²) < 4.78 is 28.3. The van der Waals surface area contributed by atoms with E-state index in [1.165, 1.54) is 0 Å². The number of carbonyl (C=O) groups is 1. The van der Waals surface area contributed by atoms with Gasteiger partial charge in [0.1, 0.15) is 12.0 Å². The van der Waals surface area contributed by atoms with Crippen LogP contribution in [0.4, 0.5) is 4.39 Å². The van der Waals surface area contributed by atoms with E-state index in [-0.39, 0.29) is 6.23 Å². The van der Waals surface area contributed by atoms with Crippen LogP contribution in [0.3, 0.4) is 0 Å². The van der Waals surface area contributed by atoms with Gasteiger partial charge in [0.05, 0.1) is 23.0 Å². The Morgan fingerprint density at radius 2 is 1.82 bits per heavy atom. The minimum Gasteiger partial charge on any atom is -0.497 e. The van der Waals surface area contributed by atoms with Crippen LogP contribution < -0.4 is 4.74 Å². The van der Waals surface area contributed by atoms with Gasteiger partial charge >= 0.3 is 0 Å². The van der Waals surface area contributed by atoms with E-state index in [1.54, 1.807) is 11.8 Å². The third-order valence-corrected chi connectivity index (χ3v) is 8.28. The molecule has 1 unspecified atom stereocenters. The zero-order chi connectivity index (χ0) is 26.9. The van der Waals surface area contributed by atoms with Crippen LogP contribution in [0.25, 0.3) is 22.0 Å². The lowest BCUT2D eigenvalue weighted by molar-refractivity contribution is -0.0375. The van der Waals surface area contributed by atoms with Gasteiger partial charge in [0, 0.05) is 12.2 Å². The third kappa shape index (κ3) is 4.88. The van der Waals surface area contributed by atoms with Gasteiger partial charge in [-0.15, -0.1) is 5.10 Å². The van der Waals surface area contributed by atoms with Crippen molar-refractivity contribution in [1.29, 1.82) is 0 Å². The standard InChI is InChI=1S/C32H30ClFN2O3/c1-38-24-13-14-25(27(33)18-24)31(21-5-4-6-21)30(22-10-8-20(19-37)9-11-22)23-12-15-28-26(17-23)32(34)35-36(28)29-7-2-3-16-39-29/h8-15,17-19,21,29H,2-7,16H2,1H3/b31-30+. The molecule has 1 saturated carbocycles. The normalized spacial score (nSPS) is 18.5. The molecule has 0 spiro atoms. The van der Waals surface area contributed by atoms with Crippen molar-refractivity contribution in [2.24, 2.45) is 5.92 Å². The number of carbonyl (C=O) groups excluding carboxylic acids is 1. The van der Waals surface area contributed by atoms with Crippen LogP contribution in [0, 0.1) is 11.9 Å². The lowest BCUT2D eigenvalue weighted by Crippen LogP contribution is -2.19. The fourth-order valence-electron chi connectivity index (χ4n) is 5.70. The van der Waals surface area contributed by atoms with Gasteiger partial charge in [-0.25, -0.2) is 4.68 Å². The van der Waals surface area contributed by atoms with Crippen molar-refractivity contribution >= 4 is 39.9 Å². The molecule has 2 aliphatic rings. The zero-order valence-corrected chi connectivity index (χ0v) is 22.6. The van der Waals surface area contributed by atoms with Gasteiger partial charge in [-0.3, -0.25) is 4.79 Å². The monoisotopic (exact) mass is 544 g/mol. The molecule has 0 bridgehead atoms. The van der Waals surface area contributed by atoms with Crippen LogP contribution in [0.1, 0.15) is 71.8 Å². The molecule has 0 N–H and O–H groups in total. The molecular weight excluding hydrogens is 515 g/mol. The maximum atomic E-state index is 15.3. The lowest BCUT2D eigenvalue weighted by atomic mass is 9.73. The van der Waals surface area contributed by atoms with E-state index in [9.17, 15) is 4.79 Å². The predicted octanol–water partition coefficient (Wildman–Crippen LogP) is 8.11. The number of allylic oxidation sites excluding steroid dienone is 1. The topological polar surface area (TPSA) is 53.3 Å². The number of aldehydes is 1. The van der Waals surface area contributed by atoms with Crippen LogP contribution >= 0.6 is 11.6 Å². The first-order valence-corrected chi connectivity index (χ1v) is 13.9. The Labute approximate surface area is 232 Å². The lowest BCUT2D eigenvalue weighted by Gasteiger charge is -2.32. The number of benzene rings is 3. The van der Waals surface area contributed by atoms with E-state index in [2.05, 4.69) is 5.10 Å². The highest BCUT2D eigenvalue weighted by molar-refractivity contribution is 6.33. The van der Waals surface area contributed by atoms with Crippen LogP contribution in [0.15, 0.2) is 60.7 Å². The maximum Gasteiger partial charge on any atom is 0.240 e. The number of halogens is 2. The third-order valence-electron chi connectivity index (χ3n) is 7.96. The second-order valence-corrected chi connectivity index (χ2v) is 10.7. The molecule has 1 atom stereocenters. The van der Waals surface area contributed by atoms with E-state index in [0.717, 1.165) is 72.6 Å². The molecule has 6 rings (SSSR count). The molecule has 1 aromatic heterocycles. The van der Waals surface area contributed by atoms with E-state index in [1.807, 2.05) is 60.7 Å². The Balaban J connectivity index is 1.58. The van der Waals surface area contributed by atoms with E-state index < -0.39 is 5.95 Å². The van der Waals surface area contributed by atoms with E-state index in [4.69, 9.17) is 21.1 Å². The van der Waals surface area contributed by atoms with Gasteiger partial charge in [-0.2, -0.15) is 4.39 Å². The fourth-order valence-corrected chi connectivity index (χ4v) is 5.97. The van der Waals surface area contributed by atoms with Crippen LogP contribution in [0.5, 0.6) is 5.75 Å². The molecule has 4 aromatic rings. The quantitative estimate of drug-likeness (QED) is 0.174. The molecular formula is C32H30ClFN2O3.